The van der Waals surface area contributed by atoms with E-state index in [1.807, 2.05) is 24.3 Å². The second kappa shape index (κ2) is 9.54. The molecule has 1 amide bonds. The van der Waals surface area contributed by atoms with Crippen LogP contribution in [0.2, 0.25) is 5.02 Å². The molecule has 0 radical (unpaired) electrons. The highest BCUT2D eigenvalue weighted by atomic mass is 35.5. The van der Waals surface area contributed by atoms with Crippen LogP contribution >= 0.6 is 22.9 Å². The molecule has 0 aliphatic heterocycles. The highest BCUT2D eigenvalue weighted by molar-refractivity contribution is 7.17. The summed E-state index contributed by atoms with van der Waals surface area (Å²) in [7, 11) is 0. The van der Waals surface area contributed by atoms with E-state index in [0.717, 1.165) is 16.9 Å². The Morgan fingerprint density at radius 3 is 2.55 bits per heavy atom. The van der Waals surface area contributed by atoms with Crippen molar-refractivity contribution in [3.63, 3.8) is 0 Å². The fraction of sp³-hybridized carbons (Fsp3) is 0.190. The lowest BCUT2D eigenvalue weighted by molar-refractivity contribution is 0.0531. The van der Waals surface area contributed by atoms with Gasteiger partial charge in [-0.15, -0.1) is 0 Å². The van der Waals surface area contributed by atoms with Gasteiger partial charge in [0.05, 0.1) is 17.3 Å². The number of halogens is 1. The molecule has 3 aromatic rings. The Morgan fingerprint density at radius 1 is 1.14 bits per heavy atom. The van der Waals surface area contributed by atoms with Crippen LogP contribution in [0.5, 0.6) is 5.75 Å². The van der Waals surface area contributed by atoms with Crippen molar-refractivity contribution in [1.29, 1.82) is 0 Å². The normalized spacial score (nSPS) is 10.4. The van der Waals surface area contributed by atoms with Gasteiger partial charge in [0.15, 0.2) is 5.13 Å². The number of rotatable bonds is 7. The van der Waals surface area contributed by atoms with Crippen LogP contribution in [0.15, 0.2) is 48.5 Å². The first kappa shape index (κ1) is 20.8. The minimum atomic E-state index is -0.439. The summed E-state index contributed by atoms with van der Waals surface area (Å²) in [5.74, 6) is -0.147. The van der Waals surface area contributed by atoms with Gasteiger partial charge in [0.2, 0.25) is 0 Å². The Morgan fingerprint density at radius 2 is 1.86 bits per heavy atom. The van der Waals surface area contributed by atoms with Crippen LogP contribution in [0.1, 0.15) is 38.2 Å². The van der Waals surface area contributed by atoms with E-state index in [0.29, 0.717) is 38.6 Å². The number of nitrogens with one attached hydrogen (secondary N) is 1. The number of esters is 1. The molecule has 2 aromatic carbocycles. The molecule has 0 atom stereocenters. The molecule has 0 saturated carbocycles. The van der Waals surface area contributed by atoms with Crippen molar-refractivity contribution in [2.45, 2.75) is 20.5 Å². The predicted octanol–water partition coefficient (Wildman–Crippen LogP) is 5.11. The summed E-state index contributed by atoms with van der Waals surface area (Å²) in [6.07, 6.45) is 0. The van der Waals surface area contributed by atoms with E-state index in [1.54, 1.807) is 38.1 Å². The van der Waals surface area contributed by atoms with Crippen LogP contribution in [0, 0.1) is 6.92 Å². The van der Waals surface area contributed by atoms with Crippen molar-refractivity contribution in [1.82, 2.24) is 4.98 Å². The van der Waals surface area contributed by atoms with Crippen molar-refractivity contribution in [2.75, 3.05) is 11.9 Å². The zero-order valence-electron chi connectivity index (χ0n) is 15.9. The van der Waals surface area contributed by atoms with Crippen LogP contribution in [-0.2, 0) is 11.3 Å². The summed E-state index contributed by atoms with van der Waals surface area (Å²) < 4.78 is 10.7. The van der Waals surface area contributed by atoms with Gasteiger partial charge < -0.3 is 9.47 Å². The van der Waals surface area contributed by atoms with Gasteiger partial charge in [0.1, 0.15) is 17.2 Å². The molecule has 1 heterocycles. The summed E-state index contributed by atoms with van der Waals surface area (Å²) in [5, 5.41) is 3.61. The molecular formula is C21H19ClN2O4S. The van der Waals surface area contributed by atoms with Crippen LogP contribution in [-0.4, -0.2) is 23.5 Å². The number of hydrogen-bond acceptors (Lipinski definition) is 6. The molecule has 0 spiro atoms. The molecule has 1 N–H and O–H groups in total. The standard InChI is InChI=1S/C21H19ClN2O4S/c1-3-27-20(26)18-13(2)23-21(29-18)24-19(25)15-10-8-14(9-11-15)12-28-17-7-5-4-6-16(17)22/h4-11H,3,12H2,1-2H3,(H,23,24,25). The van der Waals surface area contributed by atoms with Gasteiger partial charge >= 0.3 is 5.97 Å². The number of ether oxygens (including phenoxy) is 2. The minimum absolute atomic E-state index is 0.282. The number of hydrogen-bond donors (Lipinski definition) is 1. The van der Waals surface area contributed by atoms with Crippen LogP contribution < -0.4 is 10.1 Å². The minimum Gasteiger partial charge on any atom is -0.487 e. The number of carbonyl (C=O) groups excluding carboxylic acids is 2. The third-order valence-electron chi connectivity index (χ3n) is 3.92. The van der Waals surface area contributed by atoms with Crippen molar-refractivity contribution < 1.29 is 19.1 Å². The molecule has 0 fully saturated rings. The molecule has 0 aliphatic rings. The lowest BCUT2D eigenvalue weighted by atomic mass is 10.1. The number of amides is 1. The lowest BCUT2D eigenvalue weighted by Gasteiger charge is -2.08. The molecule has 150 valence electrons. The number of aryl methyl sites for hydroxylation is 1. The SMILES string of the molecule is CCOC(=O)c1sc(NC(=O)c2ccc(COc3ccccc3Cl)cc2)nc1C. The molecule has 0 unspecified atom stereocenters. The summed E-state index contributed by atoms with van der Waals surface area (Å²) in [6.45, 7) is 4.05. The Bertz CT molecular complexity index is 1020. The second-order valence-electron chi connectivity index (χ2n) is 6.02. The van der Waals surface area contributed by atoms with E-state index in [9.17, 15) is 9.59 Å². The average Bonchev–Trinajstić information content (AvgIpc) is 3.08. The maximum Gasteiger partial charge on any atom is 0.350 e. The smallest absolute Gasteiger partial charge is 0.350 e. The number of anilines is 1. The molecule has 8 heteroatoms. The number of thiazole rings is 1. The third kappa shape index (κ3) is 5.34. The number of para-hydroxylation sites is 1. The first-order valence-electron chi connectivity index (χ1n) is 8.90. The van der Waals surface area contributed by atoms with E-state index in [4.69, 9.17) is 21.1 Å². The first-order chi connectivity index (χ1) is 14.0. The fourth-order valence-corrected chi connectivity index (χ4v) is 3.53. The van der Waals surface area contributed by atoms with Crippen molar-refractivity contribution >= 4 is 39.9 Å². The van der Waals surface area contributed by atoms with E-state index in [2.05, 4.69) is 10.3 Å². The quantitative estimate of drug-likeness (QED) is 0.527. The zero-order chi connectivity index (χ0) is 20.8. The molecule has 29 heavy (non-hydrogen) atoms. The zero-order valence-corrected chi connectivity index (χ0v) is 17.5. The number of carbonyl (C=O) groups is 2. The Labute approximate surface area is 177 Å². The molecule has 0 saturated heterocycles. The molecule has 3 rings (SSSR count). The van der Waals surface area contributed by atoms with Crippen molar-refractivity contribution in [2.24, 2.45) is 0 Å². The van der Waals surface area contributed by atoms with Gasteiger partial charge in [-0.05, 0) is 43.7 Å². The topological polar surface area (TPSA) is 77.5 Å². The van der Waals surface area contributed by atoms with Gasteiger partial charge in [0.25, 0.3) is 5.91 Å². The summed E-state index contributed by atoms with van der Waals surface area (Å²) >= 11 is 7.16. The molecule has 6 nitrogen and oxygen atoms in total. The maximum absolute atomic E-state index is 12.5. The van der Waals surface area contributed by atoms with Gasteiger partial charge in [0, 0.05) is 5.56 Å². The average molecular weight is 431 g/mol. The third-order valence-corrected chi connectivity index (χ3v) is 5.29. The first-order valence-corrected chi connectivity index (χ1v) is 10.1. The van der Waals surface area contributed by atoms with E-state index >= 15 is 0 Å². The highest BCUT2D eigenvalue weighted by Gasteiger charge is 2.18. The summed E-state index contributed by atoms with van der Waals surface area (Å²) in [6, 6.07) is 14.3. The van der Waals surface area contributed by atoms with E-state index < -0.39 is 5.97 Å². The van der Waals surface area contributed by atoms with E-state index in [1.165, 1.54) is 0 Å². The van der Waals surface area contributed by atoms with Gasteiger partial charge in [-0.25, -0.2) is 9.78 Å². The van der Waals surface area contributed by atoms with Crippen molar-refractivity contribution in [3.8, 4) is 5.75 Å². The molecular weight excluding hydrogens is 412 g/mol. The monoisotopic (exact) mass is 430 g/mol. The maximum atomic E-state index is 12.5. The summed E-state index contributed by atoms with van der Waals surface area (Å²) in [4.78, 5) is 28.9. The number of nitrogens with zero attached hydrogens (tertiary/aromatic N) is 1. The highest BCUT2D eigenvalue weighted by Crippen LogP contribution is 2.25. The fourth-order valence-electron chi connectivity index (χ4n) is 2.48. The second-order valence-corrected chi connectivity index (χ2v) is 7.43. The van der Waals surface area contributed by atoms with Gasteiger partial charge in [-0.3, -0.25) is 10.1 Å². The molecule has 0 bridgehead atoms. The molecule has 0 aliphatic carbocycles. The Kier molecular flexibility index (Phi) is 6.85. The predicted molar refractivity (Wildman–Crippen MR) is 113 cm³/mol. The largest absolute Gasteiger partial charge is 0.487 e. The Balaban J connectivity index is 1.61. The molecule has 1 aromatic heterocycles. The van der Waals surface area contributed by atoms with Gasteiger partial charge in [-0.2, -0.15) is 0 Å². The summed E-state index contributed by atoms with van der Waals surface area (Å²) in [5.41, 5.74) is 1.89. The number of benzene rings is 2. The van der Waals surface area contributed by atoms with Crippen LogP contribution in [0.25, 0.3) is 0 Å². The Hall–Kier alpha value is -2.90. The van der Waals surface area contributed by atoms with E-state index in [-0.39, 0.29) is 12.5 Å². The van der Waals surface area contributed by atoms with Crippen LogP contribution in [0.4, 0.5) is 5.13 Å². The number of aromatic nitrogens is 1. The van der Waals surface area contributed by atoms with Gasteiger partial charge in [-0.1, -0.05) is 47.2 Å². The van der Waals surface area contributed by atoms with Crippen molar-refractivity contribution in [3.05, 3.63) is 75.3 Å². The van der Waals surface area contributed by atoms with Crippen LogP contribution in [0.3, 0.4) is 0 Å². The lowest BCUT2D eigenvalue weighted by Crippen LogP contribution is -2.11.